The first kappa shape index (κ1) is 24.2. The number of para-hydroxylation sites is 1. The van der Waals surface area contributed by atoms with Gasteiger partial charge >= 0.3 is 5.97 Å². The monoisotopic (exact) mass is 501 g/mol. The molecule has 9 heteroatoms. The first-order chi connectivity index (χ1) is 16.4. The first-order valence-corrected chi connectivity index (χ1v) is 11.9. The maximum atomic E-state index is 13.3. The van der Waals surface area contributed by atoms with Crippen molar-refractivity contribution in [3.05, 3.63) is 68.2 Å². The molecule has 0 radical (unpaired) electrons. The number of benzene rings is 2. The van der Waals surface area contributed by atoms with Crippen LogP contribution in [0.3, 0.4) is 0 Å². The summed E-state index contributed by atoms with van der Waals surface area (Å²) in [6.07, 6.45) is 6.00. The molecular formula is C25H25Cl2N3O4. The summed E-state index contributed by atoms with van der Waals surface area (Å²) >= 11 is 12.7. The molecule has 1 heterocycles. The first-order valence-electron chi connectivity index (χ1n) is 11.2. The van der Waals surface area contributed by atoms with E-state index in [9.17, 15) is 9.59 Å². The van der Waals surface area contributed by atoms with Crippen molar-refractivity contribution in [2.75, 3.05) is 7.11 Å². The quantitative estimate of drug-likeness (QED) is 0.325. The number of methoxy groups -OCH3 is 1. The van der Waals surface area contributed by atoms with Gasteiger partial charge in [-0.2, -0.15) is 9.78 Å². The third-order valence-corrected chi connectivity index (χ3v) is 6.48. The highest BCUT2D eigenvalue weighted by Gasteiger charge is 2.23. The lowest BCUT2D eigenvalue weighted by atomic mass is 9.88. The van der Waals surface area contributed by atoms with Crippen molar-refractivity contribution in [3.63, 3.8) is 0 Å². The standard InChI is InChI=1S/C25H25Cl2N3O4/c1-15(25(32)33-2)34-22-19(26)12-16(13-20(22)27)14-28-30-23(17-8-4-3-5-9-17)29-21-11-7-6-10-18(21)24(30)31/h6-7,10-15,17H,3-5,8-9H2,1-2H3/t15-/m1/s1. The van der Waals surface area contributed by atoms with E-state index in [0.717, 1.165) is 25.7 Å². The van der Waals surface area contributed by atoms with Crippen LogP contribution in [0.1, 0.15) is 56.3 Å². The SMILES string of the molecule is COC(=O)[C@@H](C)Oc1c(Cl)cc(C=Nn2c(C3CCCCC3)nc3ccccc3c2=O)cc1Cl. The van der Waals surface area contributed by atoms with E-state index in [1.54, 1.807) is 25.1 Å². The van der Waals surface area contributed by atoms with Crippen LogP contribution in [0.2, 0.25) is 10.0 Å². The summed E-state index contributed by atoms with van der Waals surface area (Å²) < 4.78 is 11.6. The summed E-state index contributed by atoms with van der Waals surface area (Å²) in [5.74, 6) is 0.469. The van der Waals surface area contributed by atoms with Crippen molar-refractivity contribution in [2.45, 2.75) is 51.0 Å². The van der Waals surface area contributed by atoms with E-state index in [1.807, 2.05) is 18.2 Å². The molecule has 0 unspecified atom stereocenters. The minimum atomic E-state index is -0.875. The average molecular weight is 502 g/mol. The Hall–Kier alpha value is -2.90. The van der Waals surface area contributed by atoms with Crippen molar-refractivity contribution in [3.8, 4) is 5.75 Å². The Morgan fingerprint density at radius 1 is 1.18 bits per heavy atom. The largest absolute Gasteiger partial charge is 0.476 e. The molecule has 34 heavy (non-hydrogen) atoms. The zero-order valence-corrected chi connectivity index (χ0v) is 20.5. The summed E-state index contributed by atoms with van der Waals surface area (Å²) in [5, 5.41) is 5.43. The molecule has 3 aromatic rings. The molecular weight excluding hydrogens is 477 g/mol. The molecule has 1 saturated carbocycles. The Kier molecular flexibility index (Phi) is 7.54. The lowest BCUT2D eigenvalue weighted by molar-refractivity contribution is -0.147. The van der Waals surface area contributed by atoms with Crippen LogP contribution in [0.25, 0.3) is 10.9 Å². The molecule has 1 fully saturated rings. The third kappa shape index (κ3) is 5.10. The number of carbonyl (C=O) groups is 1. The molecule has 178 valence electrons. The molecule has 1 aliphatic carbocycles. The predicted octanol–water partition coefficient (Wildman–Crippen LogP) is 5.57. The predicted molar refractivity (Wildman–Crippen MR) is 133 cm³/mol. The second-order valence-corrected chi connectivity index (χ2v) is 9.09. The minimum Gasteiger partial charge on any atom is -0.476 e. The van der Waals surface area contributed by atoms with Gasteiger partial charge in [0.25, 0.3) is 5.56 Å². The van der Waals surface area contributed by atoms with Crippen LogP contribution < -0.4 is 10.3 Å². The fraction of sp³-hybridized carbons (Fsp3) is 0.360. The Morgan fingerprint density at radius 2 is 1.85 bits per heavy atom. The van der Waals surface area contributed by atoms with Crippen LogP contribution in [0.5, 0.6) is 5.75 Å². The van der Waals surface area contributed by atoms with Crippen LogP contribution >= 0.6 is 23.2 Å². The maximum Gasteiger partial charge on any atom is 0.346 e. The fourth-order valence-electron chi connectivity index (χ4n) is 4.16. The number of esters is 1. The molecule has 4 rings (SSSR count). The van der Waals surface area contributed by atoms with Crippen molar-refractivity contribution < 1.29 is 14.3 Å². The zero-order chi connectivity index (χ0) is 24.2. The normalized spacial score (nSPS) is 15.5. The molecule has 0 aliphatic heterocycles. The highest BCUT2D eigenvalue weighted by Crippen LogP contribution is 2.35. The van der Waals surface area contributed by atoms with E-state index in [2.05, 4.69) is 9.84 Å². The summed E-state index contributed by atoms with van der Waals surface area (Å²) in [5.41, 5.74) is 1.03. The zero-order valence-electron chi connectivity index (χ0n) is 19.0. The van der Waals surface area contributed by atoms with Crippen molar-refractivity contribution in [1.82, 2.24) is 9.66 Å². The van der Waals surface area contributed by atoms with E-state index in [1.165, 1.54) is 24.4 Å². The van der Waals surface area contributed by atoms with Gasteiger partial charge in [0.05, 0.1) is 34.3 Å². The van der Waals surface area contributed by atoms with Gasteiger partial charge in [-0.25, -0.2) is 9.78 Å². The number of carbonyl (C=O) groups excluding carboxylic acids is 1. The average Bonchev–Trinajstić information content (AvgIpc) is 2.85. The Morgan fingerprint density at radius 3 is 2.53 bits per heavy atom. The number of nitrogens with zero attached hydrogens (tertiary/aromatic N) is 3. The van der Waals surface area contributed by atoms with Crippen molar-refractivity contribution >= 4 is 46.3 Å². The summed E-state index contributed by atoms with van der Waals surface area (Å²) in [7, 11) is 1.27. The molecule has 0 amide bonds. The molecule has 7 nitrogen and oxygen atoms in total. The molecule has 0 bridgehead atoms. The fourth-order valence-corrected chi connectivity index (χ4v) is 4.75. The molecule has 0 spiro atoms. The lowest BCUT2D eigenvalue weighted by Crippen LogP contribution is -2.25. The van der Waals surface area contributed by atoms with E-state index in [-0.39, 0.29) is 27.3 Å². The van der Waals surface area contributed by atoms with Gasteiger partial charge in [0, 0.05) is 5.92 Å². The van der Waals surface area contributed by atoms with Crippen LogP contribution in [-0.4, -0.2) is 35.1 Å². The molecule has 1 aromatic heterocycles. The van der Waals surface area contributed by atoms with Gasteiger partial charge < -0.3 is 9.47 Å². The molecule has 2 aromatic carbocycles. The second-order valence-electron chi connectivity index (χ2n) is 8.28. The van der Waals surface area contributed by atoms with E-state index in [4.69, 9.17) is 32.9 Å². The number of rotatable bonds is 6. The van der Waals surface area contributed by atoms with E-state index >= 15 is 0 Å². The Bertz CT molecular complexity index is 1280. The number of fused-ring (bicyclic) bond motifs is 1. The van der Waals surface area contributed by atoms with Crippen LogP contribution in [0, 0.1) is 0 Å². The Labute approximate surface area is 207 Å². The minimum absolute atomic E-state index is 0.172. The molecule has 1 atom stereocenters. The Balaban J connectivity index is 1.71. The van der Waals surface area contributed by atoms with E-state index < -0.39 is 12.1 Å². The maximum absolute atomic E-state index is 13.3. The third-order valence-electron chi connectivity index (χ3n) is 5.92. The number of hydrogen-bond acceptors (Lipinski definition) is 6. The van der Waals surface area contributed by atoms with Gasteiger partial charge in [0.1, 0.15) is 5.82 Å². The topological polar surface area (TPSA) is 82.8 Å². The number of aromatic nitrogens is 2. The van der Waals surface area contributed by atoms with Gasteiger partial charge in [0.15, 0.2) is 11.9 Å². The smallest absolute Gasteiger partial charge is 0.346 e. The number of ether oxygens (including phenoxy) is 2. The summed E-state index contributed by atoms with van der Waals surface area (Å²) in [4.78, 5) is 29.8. The van der Waals surface area contributed by atoms with Gasteiger partial charge in [-0.1, -0.05) is 54.6 Å². The van der Waals surface area contributed by atoms with Crippen molar-refractivity contribution in [1.29, 1.82) is 0 Å². The van der Waals surface area contributed by atoms with E-state index in [0.29, 0.717) is 22.3 Å². The summed E-state index contributed by atoms with van der Waals surface area (Å²) in [6, 6.07) is 10.5. The van der Waals surface area contributed by atoms with Gasteiger partial charge in [-0.15, -0.1) is 0 Å². The molecule has 0 N–H and O–H groups in total. The second kappa shape index (κ2) is 10.6. The molecule has 1 aliphatic rings. The molecule has 0 saturated heterocycles. The van der Waals surface area contributed by atoms with Gasteiger partial charge in [-0.05, 0) is 49.6 Å². The number of halogens is 2. The van der Waals surface area contributed by atoms with Crippen LogP contribution in [0.15, 0.2) is 46.3 Å². The highest BCUT2D eigenvalue weighted by molar-refractivity contribution is 6.37. The van der Waals surface area contributed by atoms with Gasteiger partial charge in [-0.3, -0.25) is 4.79 Å². The van der Waals surface area contributed by atoms with Gasteiger partial charge in [0.2, 0.25) is 0 Å². The summed E-state index contributed by atoms with van der Waals surface area (Å²) in [6.45, 7) is 1.54. The lowest BCUT2D eigenvalue weighted by Gasteiger charge is -2.22. The highest BCUT2D eigenvalue weighted by atomic mass is 35.5. The van der Waals surface area contributed by atoms with Crippen LogP contribution in [-0.2, 0) is 9.53 Å². The van der Waals surface area contributed by atoms with Crippen LogP contribution in [0.4, 0.5) is 0 Å². The number of hydrogen-bond donors (Lipinski definition) is 0. The van der Waals surface area contributed by atoms with Crippen molar-refractivity contribution in [2.24, 2.45) is 5.10 Å².